The lowest BCUT2D eigenvalue weighted by Gasteiger charge is -2.38. The second kappa shape index (κ2) is 9.38. The van der Waals surface area contributed by atoms with E-state index in [2.05, 4.69) is 20.3 Å². The third kappa shape index (κ3) is 4.16. The molecule has 5 rings (SSSR count). The highest BCUT2D eigenvalue weighted by Gasteiger charge is 2.45. The number of pyridine rings is 1. The fraction of sp³-hybridized carbons (Fsp3) is 0.222. The summed E-state index contributed by atoms with van der Waals surface area (Å²) >= 11 is 0. The molecule has 10 nitrogen and oxygen atoms in total. The van der Waals surface area contributed by atoms with E-state index in [9.17, 15) is 14.7 Å². The molecule has 0 aliphatic heterocycles. The van der Waals surface area contributed by atoms with Crippen LogP contribution in [0.4, 0.5) is 11.4 Å². The molecule has 2 aromatic heterocycles. The van der Waals surface area contributed by atoms with Crippen molar-refractivity contribution in [1.82, 2.24) is 15.0 Å². The second-order valence-corrected chi connectivity index (χ2v) is 8.87. The van der Waals surface area contributed by atoms with Gasteiger partial charge in [-0.1, -0.05) is 30.7 Å². The quantitative estimate of drug-likeness (QED) is 0.326. The lowest BCUT2D eigenvalue weighted by Crippen LogP contribution is -2.42. The van der Waals surface area contributed by atoms with Gasteiger partial charge in [0, 0.05) is 23.5 Å². The van der Waals surface area contributed by atoms with E-state index in [4.69, 9.17) is 15.2 Å². The van der Waals surface area contributed by atoms with E-state index < -0.39 is 17.3 Å². The minimum Gasteiger partial charge on any atom is -0.481 e. The summed E-state index contributed by atoms with van der Waals surface area (Å²) in [5.74, 6) is -1.12. The van der Waals surface area contributed by atoms with Gasteiger partial charge in [-0.05, 0) is 42.2 Å². The number of nitrogens with one attached hydrogen (secondary N) is 1. The van der Waals surface area contributed by atoms with Gasteiger partial charge in [-0.3, -0.25) is 14.6 Å². The van der Waals surface area contributed by atoms with Crippen LogP contribution >= 0.6 is 0 Å². The number of anilines is 2. The first-order valence-corrected chi connectivity index (χ1v) is 11.6. The Hall–Kier alpha value is -4.73. The number of hydrogen-bond donors (Lipinski definition) is 3. The molecule has 0 radical (unpaired) electrons. The van der Waals surface area contributed by atoms with E-state index in [1.54, 1.807) is 6.20 Å². The smallest absolute Gasteiger partial charge is 0.319 e. The van der Waals surface area contributed by atoms with Crippen LogP contribution in [-0.2, 0) is 10.2 Å². The summed E-state index contributed by atoms with van der Waals surface area (Å²) in [6.45, 7) is 0. The number of ether oxygens (including phenoxy) is 2. The number of primary amides is 1. The zero-order valence-electron chi connectivity index (χ0n) is 20.3. The number of nitrogens with zero attached hydrogens (tertiary/aromatic N) is 3. The van der Waals surface area contributed by atoms with Gasteiger partial charge in [-0.25, -0.2) is 4.98 Å². The van der Waals surface area contributed by atoms with E-state index >= 15 is 0 Å². The van der Waals surface area contributed by atoms with Crippen LogP contribution < -0.4 is 20.5 Å². The molecule has 0 saturated heterocycles. The van der Waals surface area contributed by atoms with Gasteiger partial charge in [0.2, 0.25) is 5.88 Å². The molecule has 1 saturated carbocycles. The largest absolute Gasteiger partial charge is 0.481 e. The Kier molecular flexibility index (Phi) is 6.08. The average Bonchev–Trinajstić information content (AvgIpc) is 2.87. The van der Waals surface area contributed by atoms with E-state index in [0.29, 0.717) is 46.6 Å². The van der Waals surface area contributed by atoms with Crippen molar-refractivity contribution in [3.63, 3.8) is 0 Å². The Morgan fingerprint density at radius 3 is 2.51 bits per heavy atom. The van der Waals surface area contributed by atoms with E-state index in [-0.39, 0.29) is 11.6 Å². The molecule has 1 aliphatic carbocycles. The molecule has 10 heteroatoms. The molecule has 0 unspecified atom stereocenters. The number of fused-ring (bicyclic) bond motifs is 1. The summed E-state index contributed by atoms with van der Waals surface area (Å²) < 4.78 is 10.5. The van der Waals surface area contributed by atoms with Gasteiger partial charge in [-0.2, -0.15) is 4.98 Å². The molecular weight excluding hydrogens is 474 g/mol. The number of aliphatic carboxylic acids is 1. The molecule has 4 aromatic rings. The molecule has 2 aromatic carbocycles. The van der Waals surface area contributed by atoms with E-state index in [0.717, 1.165) is 17.5 Å². The number of rotatable bonds is 8. The Balaban J connectivity index is 1.58. The number of amides is 1. The van der Waals surface area contributed by atoms with Crippen LogP contribution in [0.2, 0.25) is 0 Å². The van der Waals surface area contributed by atoms with Gasteiger partial charge in [-0.15, -0.1) is 0 Å². The minimum absolute atomic E-state index is 0.186. The number of carboxylic acid groups (broad SMARTS) is 1. The van der Waals surface area contributed by atoms with Crippen molar-refractivity contribution in [2.75, 3.05) is 19.5 Å². The molecule has 4 N–H and O–H groups in total. The van der Waals surface area contributed by atoms with Crippen LogP contribution in [0, 0.1) is 0 Å². The van der Waals surface area contributed by atoms with E-state index in [1.807, 2.05) is 42.5 Å². The topological polar surface area (TPSA) is 150 Å². The zero-order valence-corrected chi connectivity index (χ0v) is 20.3. The van der Waals surface area contributed by atoms with Crippen molar-refractivity contribution < 1.29 is 24.2 Å². The Morgan fingerprint density at radius 1 is 1.05 bits per heavy atom. The lowest BCUT2D eigenvalue weighted by atomic mass is 9.64. The maximum atomic E-state index is 12.3. The monoisotopic (exact) mass is 499 g/mol. The number of hydrogen-bond acceptors (Lipinski definition) is 8. The summed E-state index contributed by atoms with van der Waals surface area (Å²) in [6.07, 6.45) is 5.09. The van der Waals surface area contributed by atoms with E-state index in [1.165, 1.54) is 20.4 Å². The summed E-state index contributed by atoms with van der Waals surface area (Å²) in [5, 5.41) is 13.8. The van der Waals surface area contributed by atoms with Gasteiger partial charge in [0.05, 0.1) is 42.0 Å². The van der Waals surface area contributed by atoms with Gasteiger partial charge in [0.15, 0.2) is 0 Å². The third-order valence-electron chi connectivity index (χ3n) is 6.85. The highest BCUT2D eigenvalue weighted by Crippen LogP contribution is 2.45. The first-order chi connectivity index (χ1) is 17.9. The standard InChI is InChI=1S/C27H25N5O5/c1-36-24-19(13-30-26(32-24)37-2)15-7-8-18-21(11-15)29-14-20(23(28)33)22(18)31-17-6-3-5-16(12-17)27(25(34)35)9-4-10-27/h3,5-8,11-14H,4,9-10H2,1-2H3,(H2,28,33)(H,29,31)(H,34,35). The van der Waals surface area contributed by atoms with Crippen LogP contribution in [0.1, 0.15) is 35.2 Å². The molecule has 1 fully saturated rings. The van der Waals surface area contributed by atoms with Crippen molar-refractivity contribution in [2.24, 2.45) is 5.73 Å². The summed E-state index contributed by atoms with van der Waals surface area (Å²) in [5.41, 5.74) is 8.87. The van der Waals surface area contributed by atoms with Crippen LogP contribution in [0.25, 0.3) is 22.0 Å². The number of methoxy groups -OCH3 is 2. The predicted molar refractivity (Wildman–Crippen MR) is 137 cm³/mol. The molecule has 37 heavy (non-hydrogen) atoms. The molecule has 0 bridgehead atoms. The summed E-state index contributed by atoms with van der Waals surface area (Å²) in [6, 6.07) is 13.0. The molecule has 1 aliphatic rings. The molecule has 188 valence electrons. The summed E-state index contributed by atoms with van der Waals surface area (Å²) in [7, 11) is 2.99. The number of carbonyl (C=O) groups is 2. The maximum Gasteiger partial charge on any atom is 0.319 e. The summed E-state index contributed by atoms with van der Waals surface area (Å²) in [4.78, 5) is 37.2. The third-order valence-corrected chi connectivity index (χ3v) is 6.85. The lowest BCUT2D eigenvalue weighted by molar-refractivity contribution is -0.147. The van der Waals surface area contributed by atoms with Crippen LogP contribution in [-0.4, -0.2) is 46.2 Å². The highest BCUT2D eigenvalue weighted by atomic mass is 16.5. The Bertz CT molecular complexity index is 1530. The fourth-order valence-electron chi connectivity index (χ4n) is 4.68. The van der Waals surface area contributed by atoms with Crippen molar-refractivity contribution >= 4 is 34.2 Å². The number of benzene rings is 2. The molecule has 0 spiro atoms. The van der Waals surface area contributed by atoms with Crippen LogP contribution in [0.5, 0.6) is 11.9 Å². The molecule has 1 amide bonds. The van der Waals surface area contributed by atoms with Crippen LogP contribution in [0.3, 0.4) is 0 Å². The zero-order chi connectivity index (χ0) is 26.2. The Morgan fingerprint density at radius 2 is 1.86 bits per heavy atom. The number of aromatic nitrogens is 3. The first kappa shape index (κ1) is 24.0. The fourth-order valence-corrected chi connectivity index (χ4v) is 4.68. The van der Waals surface area contributed by atoms with Gasteiger partial charge >= 0.3 is 12.0 Å². The van der Waals surface area contributed by atoms with Crippen LogP contribution in [0.15, 0.2) is 54.9 Å². The number of carboxylic acids is 1. The van der Waals surface area contributed by atoms with Gasteiger partial charge < -0.3 is 25.6 Å². The molecule has 2 heterocycles. The minimum atomic E-state index is -0.876. The highest BCUT2D eigenvalue weighted by molar-refractivity contribution is 6.08. The number of carbonyl (C=O) groups excluding carboxylic acids is 1. The second-order valence-electron chi connectivity index (χ2n) is 8.87. The number of nitrogens with two attached hydrogens (primary N) is 1. The Labute approximate surface area is 212 Å². The van der Waals surface area contributed by atoms with Crippen molar-refractivity contribution in [3.05, 3.63) is 66.0 Å². The van der Waals surface area contributed by atoms with Gasteiger partial charge in [0.1, 0.15) is 0 Å². The normalized spacial score (nSPS) is 14.0. The van der Waals surface area contributed by atoms with Crippen molar-refractivity contribution in [2.45, 2.75) is 24.7 Å². The average molecular weight is 500 g/mol. The van der Waals surface area contributed by atoms with Crippen molar-refractivity contribution in [3.8, 4) is 23.0 Å². The SMILES string of the molecule is COc1ncc(-c2ccc3c(Nc4cccc(C5(C(=O)O)CCC5)c4)c(C(N)=O)cnc3c2)c(OC)n1. The molecule has 0 atom stereocenters. The van der Waals surface area contributed by atoms with Crippen molar-refractivity contribution in [1.29, 1.82) is 0 Å². The predicted octanol–water partition coefficient (Wildman–Crippen LogP) is 4.06. The molecular formula is C27H25N5O5. The first-order valence-electron chi connectivity index (χ1n) is 11.6. The maximum absolute atomic E-state index is 12.3. The van der Waals surface area contributed by atoms with Gasteiger partial charge in [0.25, 0.3) is 5.91 Å².